The monoisotopic (exact) mass is 133 g/mol. The van der Waals surface area contributed by atoms with Crippen LogP contribution in [0.5, 0.6) is 0 Å². The highest BCUT2D eigenvalue weighted by molar-refractivity contribution is 5.65. The van der Waals surface area contributed by atoms with Gasteiger partial charge in [0.05, 0.1) is 12.6 Å². The zero-order valence-electron chi connectivity index (χ0n) is 5.55. The predicted molar refractivity (Wildman–Crippen MR) is 31.4 cm³/mol. The first-order valence-electron chi connectivity index (χ1n) is 2.71. The minimum absolute atomic E-state index is 0.263. The molecule has 0 radical (unpaired) electrons. The quantitative estimate of drug-likeness (QED) is 0.506. The number of aliphatic hydroxyl groups excluding tert-OH is 1. The van der Waals surface area contributed by atoms with Gasteiger partial charge < -0.3 is 9.94 Å². The summed E-state index contributed by atoms with van der Waals surface area (Å²) in [4.78, 5) is 14.4. The summed E-state index contributed by atoms with van der Waals surface area (Å²) in [5, 5.41) is 8.61. The van der Waals surface area contributed by atoms with Gasteiger partial charge in [-0.3, -0.25) is 4.79 Å². The Balaban J connectivity index is 3.01. The molecule has 0 spiro atoms. The molecular weight excluding hydrogens is 122 g/mol. The van der Waals surface area contributed by atoms with E-state index in [-0.39, 0.29) is 6.54 Å². The van der Waals surface area contributed by atoms with Gasteiger partial charge in [0.15, 0.2) is 0 Å². The van der Waals surface area contributed by atoms with Crippen molar-refractivity contribution in [2.24, 2.45) is 0 Å². The van der Waals surface area contributed by atoms with Crippen LogP contribution in [0.2, 0.25) is 0 Å². The molecule has 0 unspecified atom stereocenters. The molecule has 0 aromatic heterocycles. The second-order valence-corrected chi connectivity index (χ2v) is 1.79. The molecule has 0 aliphatic rings. The fraction of sp³-hybridized carbons (Fsp3) is 0.800. The van der Waals surface area contributed by atoms with Gasteiger partial charge in [-0.1, -0.05) is 0 Å². The number of rotatable bonds is 3. The molecule has 54 valence electrons. The lowest BCUT2D eigenvalue weighted by atomic mass is 10.4. The first-order chi connectivity index (χ1) is 4.13. The maximum Gasteiger partial charge on any atom is 0.321 e. The zero-order chi connectivity index (χ0) is 7.28. The highest BCUT2D eigenvalue weighted by atomic mass is 16.7. The Morgan fingerprint density at radius 2 is 2.44 bits per heavy atom. The van der Waals surface area contributed by atoms with E-state index >= 15 is 0 Å². The summed E-state index contributed by atoms with van der Waals surface area (Å²) in [5.74, 6) is -0.407. The molecule has 2 N–H and O–H groups in total. The first-order valence-corrected chi connectivity index (χ1v) is 2.71. The minimum atomic E-state index is -0.496. The van der Waals surface area contributed by atoms with Crippen LogP contribution in [0.3, 0.4) is 0 Å². The fourth-order valence-corrected chi connectivity index (χ4v) is 0.264. The molecule has 0 saturated heterocycles. The molecule has 0 aromatic carbocycles. The Labute approximate surface area is 53.8 Å². The molecule has 9 heavy (non-hydrogen) atoms. The Hall–Kier alpha value is -0.610. The van der Waals surface area contributed by atoms with Crippen LogP contribution in [0.15, 0.2) is 0 Å². The summed E-state index contributed by atoms with van der Waals surface area (Å²) in [7, 11) is 0. The number of hydrogen-bond donors (Lipinski definition) is 2. The van der Waals surface area contributed by atoms with Crippen LogP contribution >= 0.6 is 0 Å². The first kappa shape index (κ1) is 8.39. The highest BCUT2D eigenvalue weighted by Gasteiger charge is 1.94. The Morgan fingerprint density at radius 3 is 2.78 bits per heavy atom. The lowest BCUT2D eigenvalue weighted by Gasteiger charge is -2.03. The molecule has 4 nitrogen and oxygen atoms in total. The topological polar surface area (TPSA) is 58.6 Å². The van der Waals surface area contributed by atoms with E-state index in [1.165, 1.54) is 6.92 Å². The van der Waals surface area contributed by atoms with Gasteiger partial charge in [0.2, 0.25) is 0 Å². The van der Waals surface area contributed by atoms with E-state index in [1.807, 2.05) is 0 Å². The van der Waals surface area contributed by atoms with Crippen LogP contribution < -0.4 is 5.48 Å². The van der Waals surface area contributed by atoms with E-state index in [0.29, 0.717) is 0 Å². The van der Waals surface area contributed by atoms with Crippen LogP contribution in [-0.4, -0.2) is 23.7 Å². The van der Waals surface area contributed by atoms with Crippen LogP contribution in [0.25, 0.3) is 0 Å². The maximum absolute atomic E-state index is 10.1. The van der Waals surface area contributed by atoms with Gasteiger partial charge in [-0.15, -0.1) is 0 Å². The van der Waals surface area contributed by atoms with Gasteiger partial charge in [0, 0.05) is 6.92 Å². The molecule has 0 fully saturated rings. The molecule has 0 rings (SSSR count). The largest absolute Gasteiger partial charge is 0.392 e. The van der Waals surface area contributed by atoms with Crippen molar-refractivity contribution in [2.45, 2.75) is 20.0 Å². The Morgan fingerprint density at radius 1 is 1.89 bits per heavy atom. The number of hydrogen-bond acceptors (Lipinski definition) is 4. The summed E-state index contributed by atoms with van der Waals surface area (Å²) in [6.07, 6.45) is -0.496. The molecule has 0 aliphatic heterocycles. The van der Waals surface area contributed by atoms with Crippen molar-refractivity contribution in [1.82, 2.24) is 5.48 Å². The molecular formula is C5H11NO3. The van der Waals surface area contributed by atoms with Crippen molar-refractivity contribution in [3.05, 3.63) is 0 Å². The summed E-state index contributed by atoms with van der Waals surface area (Å²) < 4.78 is 0. The second kappa shape index (κ2) is 4.29. The third-order valence-corrected chi connectivity index (χ3v) is 0.595. The van der Waals surface area contributed by atoms with Gasteiger partial charge in [0.1, 0.15) is 0 Å². The highest BCUT2D eigenvalue weighted by Crippen LogP contribution is 1.75. The summed E-state index contributed by atoms with van der Waals surface area (Å²) in [6.45, 7) is 3.14. The molecule has 0 amide bonds. The van der Waals surface area contributed by atoms with Crippen molar-refractivity contribution in [1.29, 1.82) is 0 Å². The predicted octanol–water partition coefficient (Wildman–Crippen LogP) is -0.565. The zero-order valence-corrected chi connectivity index (χ0v) is 5.55. The van der Waals surface area contributed by atoms with Crippen molar-refractivity contribution in [2.75, 3.05) is 6.54 Å². The number of hydroxylamine groups is 1. The smallest absolute Gasteiger partial charge is 0.321 e. The van der Waals surface area contributed by atoms with Gasteiger partial charge >= 0.3 is 5.97 Å². The van der Waals surface area contributed by atoms with E-state index in [4.69, 9.17) is 5.11 Å². The molecule has 0 bridgehead atoms. The summed E-state index contributed by atoms with van der Waals surface area (Å²) >= 11 is 0. The number of carbonyl (C=O) groups excluding carboxylic acids is 1. The SMILES string of the molecule is CC(=O)ONC[C@@H](C)O. The van der Waals surface area contributed by atoms with E-state index < -0.39 is 12.1 Å². The van der Waals surface area contributed by atoms with Gasteiger partial charge in [-0.05, 0) is 6.92 Å². The van der Waals surface area contributed by atoms with Crippen molar-refractivity contribution < 1.29 is 14.7 Å². The van der Waals surface area contributed by atoms with Crippen LogP contribution in [0.4, 0.5) is 0 Å². The lowest BCUT2D eigenvalue weighted by molar-refractivity contribution is -0.149. The lowest BCUT2D eigenvalue weighted by Crippen LogP contribution is -2.26. The molecule has 1 atom stereocenters. The van der Waals surface area contributed by atoms with Crippen LogP contribution in [-0.2, 0) is 9.63 Å². The van der Waals surface area contributed by atoms with E-state index in [2.05, 4.69) is 10.3 Å². The summed E-state index contributed by atoms with van der Waals surface area (Å²) in [5.41, 5.74) is 2.28. The summed E-state index contributed by atoms with van der Waals surface area (Å²) in [6, 6.07) is 0. The maximum atomic E-state index is 10.1. The van der Waals surface area contributed by atoms with Gasteiger partial charge in [0.25, 0.3) is 0 Å². The average Bonchev–Trinajstić information content (AvgIpc) is 1.63. The van der Waals surface area contributed by atoms with Crippen molar-refractivity contribution in [3.8, 4) is 0 Å². The average molecular weight is 133 g/mol. The van der Waals surface area contributed by atoms with Crippen LogP contribution in [0.1, 0.15) is 13.8 Å². The normalized spacial score (nSPS) is 12.8. The van der Waals surface area contributed by atoms with E-state index in [1.54, 1.807) is 6.92 Å². The molecule has 4 heteroatoms. The fourth-order valence-electron chi connectivity index (χ4n) is 0.264. The van der Waals surface area contributed by atoms with Gasteiger partial charge in [-0.2, -0.15) is 5.48 Å². The van der Waals surface area contributed by atoms with E-state index in [0.717, 1.165) is 0 Å². The molecule has 0 saturated carbocycles. The van der Waals surface area contributed by atoms with Crippen molar-refractivity contribution >= 4 is 5.97 Å². The second-order valence-electron chi connectivity index (χ2n) is 1.79. The number of aliphatic hydroxyl groups is 1. The van der Waals surface area contributed by atoms with Crippen LogP contribution in [0, 0.1) is 0 Å². The van der Waals surface area contributed by atoms with E-state index in [9.17, 15) is 4.79 Å². The molecule has 0 heterocycles. The van der Waals surface area contributed by atoms with Crippen molar-refractivity contribution in [3.63, 3.8) is 0 Å². The Kier molecular flexibility index (Phi) is 4.00. The molecule has 0 aliphatic carbocycles. The number of nitrogens with one attached hydrogen (secondary N) is 1. The third-order valence-electron chi connectivity index (χ3n) is 0.595. The number of carbonyl (C=O) groups is 1. The Bertz CT molecular complexity index is 92.2. The minimum Gasteiger partial charge on any atom is -0.392 e. The standard InChI is InChI=1S/C5H11NO3/c1-4(7)3-6-9-5(2)8/h4,6-7H,3H2,1-2H3/t4-/m1/s1. The third kappa shape index (κ3) is 7.39. The van der Waals surface area contributed by atoms with Gasteiger partial charge in [-0.25, -0.2) is 0 Å². The molecule has 0 aromatic rings.